The molecule has 2 aromatic carbocycles. The molecular weight excluding hydrogens is 488 g/mol. The van der Waals surface area contributed by atoms with Crippen LogP contribution < -0.4 is 15.2 Å². The van der Waals surface area contributed by atoms with Gasteiger partial charge in [0, 0.05) is 23.4 Å². The molecule has 1 amide bonds. The van der Waals surface area contributed by atoms with E-state index < -0.39 is 11.6 Å². The van der Waals surface area contributed by atoms with Gasteiger partial charge in [-0.1, -0.05) is 18.1 Å². The molecule has 204 valence electrons. The van der Waals surface area contributed by atoms with E-state index >= 15 is 0 Å². The Balaban J connectivity index is 1.60. The first-order valence-corrected chi connectivity index (χ1v) is 12.6. The molecule has 0 saturated heterocycles. The number of hydrogen-bond acceptors (Lipinski definition) is 9. The summed E-state index contributed by atoms with van der Waals surface area (Å²) >= 11 is 0. The lowest BCUT2D eigenvalue weighted by Crippen LogP contribution is -2.34. The first-order chi connectivity index (χ1) is 18.1. The maximum Gasteiger partial charge on any atom is 0.338 e. The predicted octanol–water partition coefficient (Wildman–Crippen LogP) is 4.40. The predicted molar refractivity (Wildman–Crippen MR) is 146 cm³/mol. The molecule has 10 heteroatoms. The Kier molecular flexibility index (Phi) is 9.70. The summed E-state index contributed by atoms with van der Waals surface area (Å²) in [4.78, 5) is 30.1. The van der Waals surface area contributed by atoms with Crippen LogP contribution in [0.1, 0.15) is 68.4 Å². The summed E-state index contributed by atoms with van der Waals surface area (Å²) in [5, 5.41) is 9.80. The summed E-state index contributed by atoms with van der Waals surface area (Å²) in [6, 6.07) is 10.4. The monoisotopic (exact) mass is 524 g/mol. The Morgan fingerprint density at radius 1 is 1.16 bits per heavy atom. The third-order valence-electron chi connectivity index (χ3n) is 5.45. The molecule has 0 aliphatic carbocycles. The molecule has 0 spiro atoms. The van der Waals surface area contributed by atoms with E-state index in [1.165, 1.54) is 17.3 Å². The second kappa shape index (κ2) is 12.9. The van der Waals surface area contributed by atoms with E-state index in [9.17, 15) is 9.59 Å². The minimum absolute atomic E-state index is 0.281. The van der Waals surface area contributed by atoms with Gasteiger partial charge >= 0.3 is 5.97 Å². The van der Waals surface area contributed by atoms with Crippen molar-refractivity contribution in [3.8, 4) is 11.5 Å². The van der Waals surface area contributed by atoms with Crippen LogP contribution in [0.5, 0.6) is 11.5 Å². The number of benzene rings is 2. The van der Waals surface area contributed by atoms with E-state index in [-0.39, 0.29) is 12.5 Å². The van der Waals surface area contributed by atoms with Crippen molar-refractivity contribution in [2.45, 2.75) is 52.6 Å². The van der Waals surface area contributed by atoms with Crippen molar-refractivity contribution in [2.75, 3.05) is 32.6 Å². The van der Waals surface area contributed by atoms with Crippen LogP contribution in [-0.2, 0) is 14.4 Å². The van der Waals surface area contributed by atoms with E-state index in [2.05, 4.69) is 10.3 Å². The lowest BCUT2D eigenvalue weighted by molar-refractivity contribution is -0.136. The summed E-state index contributed by atoms with van der Waals surface area (Å²) in [6.07, 6.45) is 3.77. The van der Waals surface area contributed by atoms with Gasteiger partial charge in [-0.25, -0.2) is 9.80 Å². The Morgan fingerprint density at radius 3 is 2.63 bits per heavy atom. The molecule has 1 aliphatic rings. The highest BCUT2D eigenvalue weighted by atomic mass is 16.6. The van der Waals surface area contributed by atoms with Crippen molar-refractivity contribution in [1.29, 1.82) is 0 Å². The number of nitrogens with zero attached hydrogens (tertiary/aromatic N) is 3. The number of amides is 1. The molecule has 0 unspecified atom stereocenters. The van der Waals surface area contributed by atoms with Crippen molar-refractivity contribution in [1.82, 2.24) is 5.01 Å². The molecule has 2 aromatic rings. The number of ether oxygens (including phenoxy) is 3. The number of nitrogens with two attached hydrogens (primary N) is 1. The molecule has 38 heavy (non-hydrogen) atoms. The SMILES string of the molecule is CCCOc1cc(C2=NN(C(=O)CON=Cc3ccc(C(=O)OC(C)(C)C)cc3N)CCC2)ccc1OC. The fourth-order valence-corrected chi connectivity index (χ4v) is 3.62. The van der Waals surface area contributed by atoms with Crippen LogP contribution in [0.2, 0.25) is 0 Å². The van der Waals surface area contributed by atoms with Gasteiger partial charge in [0.15, 0.2) is 18.1 Å². The molecule has 0 aromatic heterocycles. The lowest BCUT2D eigenvalue weighted by atomic mass is 10.0. The molecule has 1 heterocycles. The average Bonchev–Trinajstić information content (AvgIpc) is 2.89. The zero-order valence-corrected chi connectivity index (χ0v) is 22.7. The molecule has 3 rings (SSSR count). The number of rotatable bonds is 10. The van der Waals surface area contributed by atoms with Gasteiger partial charge in [-0.15, -0.1) is 0 Å². The van der Waals surface area contributed by atoms with Crippen molar-refractivity contribution in [3.05, 3.63) is 53.1 Å². The Morgan fingerprint density at radius 2 is 1.95 bits per heavy atom. The average molecular weight is 525 g/mol. The van der Waals surface area contributed by atoms with E-state index in [0.717, 1.165) is 30.5 Å². The lowest BCUT2D eigenvalue weighted by Gasteiger charge is -2.23. The third kappa shape index (κ3) is 7.96. The molecule has 0 bridgehead atoms. The Bertz CT molecular complexity index is 1200. The van der Waals surface area contributed by atoms with Crippen LogP contribution in [0.4, 0.5) is 5.69 Å². The Hall–Kier alpha value is -4.08. The molecule has 0 atom stereocenters. The minimum atomic E-state index is -0.605. The van der Waals surface area contributed by atoms with Crippen LogP contribution in [0.15, 0.2) is 46.7 Å². The second-order valence-electron chi connectivity index (χ2n) is 9.73. The zero-order chi connectivity index (χ0) is 27.7. The number of carbonyl (C=O) groups excluding carboxylic acids is 2. The summed E-state index contributed by atoms with van der Waals surface area (Å²) < 4.78 is 16.5. The van der Waals surface area contributed by atoms with Gasteiger partial charge in [0.25, 0.3) is 5.91 Å². The van der Waals surface area contributed by atoms with Crippen LogP contribution in [0.25, 0.3) is 0 Å². The van der Waals surface area contributed by atoms with E-state index in [1.807, 2.05) is 25.1 Å². The van der Waals surface area contributed by atoms with E-state index in [0.29, 0.717) is 41.5 Å². The fourth-order valence-electron chi connectivity index (χ4n) is 3.62. The van der Waals surface area contributed by atoms with Crippen molar-refractivity contribution < 1.29 is 28.6 Å². The first-order valence-electron chi connectivity index (χ1n) is 12.6. The van der Waals surface area contributed by atoms with Crippen LogP contribution in [0.3, 0.4) is 0 Å². The van der Waals surface area contributed by atoms with E-state index in [1.54, 1.807) is 40.0 Å². The summed E-state index contributed by atoms with van der Waals surface area (Å²) in [6.45, 7) is 8.20. The topological polar surface area (TPSA) is 125 Å². The van der Waals surface area contributed by atoms with Gasteiger partial charge in [0.05, 0.1) is 31.2 Å². The van der Waals surface area contributed by atoms with Gasteiger partial charge in [-0.05, 0) is 70.4 Å². The number of methoxy groups -OCH3 is 1. The number of oxime groups is 1. The number of carbonyl (C=O) groups is 2. The molecule has 0 radical (unpaired) electrons. The highest BCUT2D eigenvalue weighted by Gasteiger charge is 2.21. The van der Waals surface area contributed by atoms with E-state index in [4.69, 9.17) is 24.8 Å². The number of hydrogen-bond donors (Lipinski definition) is 1. The number of nitrogen functional groups attached to an aromatic ring is 1. The second-order valence-corrected chi connectivity index (χ2v) is 9.73. The molecular formula is C28H36N4O6. The third-order valence-corrected chi connectivity index (χ3v) is 5.45. The molecule has 0 fully saturated rings. The van der Waals surface area contributed by atoms with Crippen LogP contribution in [0, 0.1) is 0 Å². The van der Waals surface area contributed by atoms with Crippen LogP contribution >= 0.6 is 0 Å². The zero-order valence-electron chi connectivity index (χ0n) is 22.7. The van der Waals surface area contributed by atoms with Crippen molar-refractivity contribution in [3.63, 3.8) is 0 Å². The molecule has 2 N–H and O–H groups in total. The quantitative estimate of drug-likeness (QED) is 0.211. The van der Waals surface area contributed by atoms with Gasteiger partial charge in [-0.2, -0.15) is 5.10 Å². The number of esters is 1. The highest BCUT2D eigenvalue weighted by Crippen LogP contribution is 2.29. The maximum atomic E-state index is 12.7. The standard InChI is InChI=1S/C28H36N4O6/c1-6-14-36-25-16-19(11-12-24(25)35-5)23-8-7-13-32(31-23)26(33)18-37-30-17-21-10-9-20(15-22(21)29)27(34)38-28(2,3)4/h9-12,15-17H,6-8,13-14,18,29H2,1-5H3. The highest BCUT2D eigenvalue weighted by molar-refractivity contribution is 6.02. The van der Waals surface area contributed by atoms with Crippen molar-refractivity contribution in [2.24, 2.45) is 10.3 Å². The summed E-state index contributed by atoms with van der Waals surface area (Å²) in [5.74, 6) is 0.519. The van der Waals surface area contributed by atoms with Gasteiger partial charge in [0.2, 0.25) is 0 Å². The maximum absolute atomic E-state index is 12.7. The summed E-state index contributed by atoms with van der Waals surface area (Å²) in [5.41, 5.74) is 8.32. The summed E-state index contributed by atoms with van der Waals surface area (Å²) in [7, 11) is 1.60. The molecule has 10 nitrogen and oxygen atoms in total. The van der Waals surface area contributed by atoms with Crippen LogP contribution in [-0.4, -0.2) is 61.3 Å². The first kappa shape index (κ1) is 28.5. The smallest absolute Gasteiger partial charge is 0.338 e. The molecule has 1 aliphatic heterocycles. The Labute approximate surface area is 223 Å². The normalized spacial score (nSPS) is 13.7. The minimum Gasteiger partial charge on any atom is -0.493 e. The largest absolute Gasteiger partial charge is 0.493 e. The van der Waals surface area contributed by atoms with Gasteiger partial charge < -0.3 is 24.8 Å². The van der Waals surface area contributed by atoms with Crippen molar-refractivity contribution >= 4 is 29.5 Å². The number of hydrazone groups is 1. The van der Waals surface area contributed by atoms with Gasteiger partial charge in [0.1, 0.15) is 5.60 Å². The fraction of sp³-hybridized carbons (Fsp3) is 0.429. The number of anilines is 1. The molecule has 0 saturated carbocycles. The van der Waals surface area contributed by atoms with Gasteiger partial charge in [-0.3, -0.25) is 4.79 Å².